The molecule has 2 aromatic rings. The zero-order chi connectivity index (χ0) is 14.0. The Hall–Kier alpha value is -2.44. The van der Waals surface area contributed by atoms with E-state index >= 15 is 0 Å². The highest BCUT2D eigenvalue weighted by molar-refractivity contribution is 5.43. The van der Waals surface area contributed by atoms with Gasteiger partial charge in [0.05, 0.1) is 0 Å². The largest absolute Gasteiger partial charge is 0.504 e. The lowest BCUT2D eigenvalue weighted by atomic mass is 10.2. The number of benzene rings is 1. The van der Waals surface area contributed by atoms with E-state index in [2.05, 4.69) is 15.5 Å². The quantitative estimate of drug-likeness (QED) is 0.711. The Morgan fingerprint density at radius 2 is 1.95 bits per heavy atom. The SMILES string of the molecule is CN(C)c1nnc(NCc2ccc(O)c(O)c2)n1C. The van der Waals surface area contributed by atoms with Crippen molar-refractivity contribution >= 4 is 11.9 Å². The van der Waals surface area contributed by atoms with E-state index in [0.29, 0.717) is 12.5 Å². The number of aromatic nitrogens is 3. The highest BCUT2D eigenvalue weighted by Gasteiger charge is 2.09. The Balaban J connectivity index is 2.08. The van der Waals surface area contributed by atoms with E-state index in [4.69, 9.17) is 0 Å². The van der Waals surface area contributed by atoms with Gasteiger partial charge in [0.15, 0.2) is 11.5 Å². The van der Waals surface area contributed by atoms with Crippen molar-refractivity contribution < 1.29 is 10.2 Å². The molecule has 0 aliphatic carbocycles. The molecule has 0 saturated carbocycles. The summed E-state index contributed by atoms with van der Waals surface area (Å²) in [5.74, 6) is 1.12. The minimum absolute atomic E-state index is 0.127. The summed E-state index contributed by atoms with van der Waals surface area (Å²) in [6.07, 6.45) is 0. The first-order chi connectivity index (χ1) is 8.99. The van der Waals surface area contributed by atoms with Crippen LogP contribution in [-0.4, -0.2) is 39.1 Å². The molecule has 7 heteroatoms. The Bertz CT molecular complexity index is 579. The van der Waals surface area contributed by atoms with Gasteiger partial charge in [-0.1, -0.05) is 6.07 Å². The Kier molecular flexibility index (Phi) is 3.46. The van der Waals surface area contributed by atoms with Gasteiger partial charge in [-0.05, 0) is 17.7 Å². The lowest BCUT2D eigenvalue weighted by molar-refractivity contribution is 0.403. The van der Waals surface area contributed by atoms with Gasteiger partial charge in [0.2, 0.25) is 11.9 Å². The summed E-state index contributed by atoms with van der Waals surface area (Å²) in [6, 6.07) is 4.69. The molecule has 2 rings (SSSR count). The summed E-state index contributed by atoms with van der Waals surface area (Å²) >= 11 is 0. The molecule has 0 atom stereocenters. The number of aromatic hydroxyl groups is 2. The molecule has 0 amide bonds. The van der Waals surface area contributed by atoms with Gasteiger partial charge in [-0.25, -0.2) is 0 Å². The Morgan fingerprint density at radius 1 is 1.21 bits per heavy atom. The number of hydrogen-bond donors (Lipinski definition) is 3. The zero-order valence-corrected chi connectivity index (χ0v) is 11.1. The third-order valence-electron chi connectivity index (χ3n) is 2.74. The maximum atomic E-state index is 9.41. The molecule has 1 aromatic heterocycles. The molecular formula is C12H17N5O2. The number of anilines is 2. The van der Waals surface area contributed by atoms with E-state index in [1.807, 2.05) is 30.6 Å². The first-order valence-corrected chi connectivity index (χ1v) is 5.80. The van der Waals surface area contributed by atoms with Crippen molar-refractivity contribution in [2.24, 2.45) is 7.05 Å². The second-order valence-corrected chi connectivity index (χ2v) is 4.45. The lowest BCUT2D eigenvalue weighted by Crippen LogP contribution is -2.14. The fourth-order valence-corrected chi connectivity index (χ4v) is 1.72. The number of phenols is 2. The number of nitrogens with zero attached hydrogens (tertiary/aromatic N) is 4. The van der Waals surface area contributed by atoms with Crippen LogP contribution in [-0.2, 0) is 13.6 Å². The molecule has 0 bridgehead atoms. The standard InChI is InChI=1S/C12H17N5O2/c1-16(2)12-15-14-11(17(12)3)13-7-8-4-5-9(18)10(19)6-8/h4-6,18-19H,7H2,1-3H3,(H,13,14). The molecule has 7 nitrogen and oxygen atoms in total. The summed E-state index contributed by atoms with van der Waals surface area (Å²) < 4.78 is 1.83. The van der Waals surface area contributed by atoms with Crippen molar-refractivity contribution in [1.29, 1.82) is 0 Å². The van der Waals surface area contributed by atoms with Gasteiger partial charge in [-0.15, -0.1) is 10.2 Å². The first kappa shape index (κ1) is 13.0. The van der Waals surface area contributed by atoms with Gasteiger partial charge in [0.1, 0.15) is 0 Å². The molecule has 102 valence electrons. The minimum Gasteiger partial charge on any atom is -0.504 e. The first-order valence-electron chi connectivity index (χ1n) is 5.80. The highest BCUT2D eigenvalue weighted by atomic mass is 16.3. The van der Waals surface area contributed by atoms with Gasteiger partial charge >= 0.3 is 0 Å². The topological polar surface area (TPSA) is 86.4 Å². The molecule has 0 radical (unpaired) electrons. The molecular weight excluding hydrogens is 246 g/mol. The van der Waals surface area contributed by atoms with Gasteiger partial charge in [-0.2, -0.15) is 0 Å². The van der Waals surface area contributed by atoms with Crippen LogP contribution < -0.4 is 10.2 Å². The summed E-state index contributed by atoms with van der Waals surface area (Å²) in [5.41, 5.74) is 0.838. The van der Waals surface area contributed by atoms with Crippen LogP contribution in [0.15, 0.2) is 18.2 Å². The number of hydrogen-bond acceptors (Lipinski definition) is 6. The summed E-state index contributed by atoms with van der Waals surface area (Å²) in [6.45, 7) is 0.479. The average molecular weight is 263 g/mol. The van der Waals surface area contributed by atoms with Crippen molar-refractivity contribution in [2.75, 3.05) is 24.3 Å². The zero-order valence-electron chi connectivity index (χ0n) is 11.1. The minimum atomic E-state index is -0.133. The predicted molar refractivity (Wildman–Crippen MR) is 72.4 cm³/mol. The van der Waals surface area contributed by atoms with Crippen LogP contribution in [0.1, 0.15) is 5.56 Å². The summed E-state index contributed by atoms with van der Waals surface area (Å²) in [5, 5.41) is 29.9. The fourth-order valence-electron chi connectivity index (χ4n) is 1.72. The van der Waals surface area contributed by atoms with E-state index in [1.54, 1.807) is 6.07 Å². The van der Waals surface area contributed by atoms with Crippen LogP contribution in [0.5, 0.6) is 11.5 Å². The summed E-state index contributed by atoms with van der Waals surface area (Å²) in [4.78, 5) is 1.87. The Morgan fingerprint density at radius 3 is 2.53 bits per heavy atom. The van der Waals surface area contributed by atoms with Gasteiger partial charge in [0, 0.05) is 27.7 Å². The van der Waals surface area contributed by atoms with Crippen LogP contribution >= 0.6 is 0 Å². The van der Waals surface area contributed by atoms with Crippen LogP contribution in [0.4, 0.5) is 11.9 Å². The van der Waals surface area contributed by atoms with Crippen molar-refractivity contribution in [3.05, 3.63) is 23.8 Å². The van der Waals surface area contributed by atoms with Crippen molar-refractivity contribution in [3.63, 3.8) is 0 Å². The maximum Gasteiger partial charge on any atom is 0.227 e. The van der Waals surface area contributed by atoms with E-state index in [-0.39, 0.29) is 11.5 Å². The smallest absolute Gasteiger partial charge is 0.227 e. The molecule has 0 spiro atoms. The van der Waals surface area contributed by atoms with Crippen molar-refractivity contribution in [1.82, 2.24) is 14.8 Å². The fraction of sp³-hybridized carbons (Fsp3) is 0.333. The van der Waals surface area contributed by atoms with E-state index in [1.165, 1.54) is 12.1 Å². The number of rotatable bonds is 4. The summed E-state index contributed by atoms with van der Waals surface area (Å²) in [7, 11) is 5.66. The molecule has 0 saturated heterocycles. The van der Waals surface area contributed by atoms with E-state index in [9.17, 15) is 10.2 Å². The number of phenolic OH excluding ortho intramolecular Hbond substituents is 2. The highest BCUT2D eigenvalue weighted by Crippen LogP contribution is 2.25. The molecule has 3 N–H and O–H groups in total. The van der Waals surface area contributed by atoms with E-state index in [0.717, 1.165) is 11.5 Å². The molecule has 19 heavy (non-hydrogen) atoms. The van der Waals surface area contributed by atoms with Gasteiger partial charge < -0.3 is 20.4 Å². The van der Waals surface area contributed by atoms with Gasteiger partial charge in [-0.3, -0.25) is 4.57 Å². The van der Waals surface area contributed by atoms with Crippen LogP contribution in [0, 0.1) is 0 Å². The second-order valence-electron chi connectivity index (χ2n) is 4.45. The molecule has 0 aliphatic rings. The average Bonchev–Trinajstić information content (AvgIpc) is 2.72. The normalized spacial score (nSPS) is 10.5. The van der Waals surface area contributed by atoms with Crippen LogP contribution in [0.3, 0.4) is 0 Å². The maximum absolute atomic E-state index is 9.41. The monoisotopic (exact) mass is 263 g/mol. The number of nitrogens with one attached hydrogen (secondary N) is 1. The molecule has 1 aromatic carbocycles. The molecule has 0 fully saturated rings. The second kappa shape index (κ2) is 5.05. The van der Waals surface area contributed by atoms with Crippen molar-refractivity contribution in [3.8, 4) is 11.5 Å². The van der Waals surface area contributed by atoms with Crippen molar-refractivity contribution in [2.45, 2.75) is 6.54 Å². The third kappa shape index (κ3) is 2.70. The third-order valence-corrected chi connectivity index (χ3v) is 2.74. The molecule has 0 unspecified atom stereocenters. The Labute approximate surface area is 111 Å². The van der Waals surface area contributed by atoms with Gasteiger partial charge in [0.25, 0.3) is 0 Å². The lowest BCUT2D eigenvalue weighted by Gasteiger charge is -2.11. The predicted octanol–water partition coefficient (Wildman–Crippen LogP) is 0.904. The molecule has 1 heterocycles. The van der Waals surface area contributed by atoms with Crippen LogP contribution in [0.25, 0.3) is 0 Å². The van der Waals surface area contributed by atoms with E-state index < -0.39 is 0 Å². The molecule has 0 aliphatic heterocycles. The van der Waals surface area contributed by atoms with Crippen LogP contribution in [0.2, 0.25) is 0 Å².